The summed E-state index contributed by atoms with van der Waals surface area (Å²) in [5, 5.41) is 31.9. The number of ketones is 2. The lowest BCUT2D eigenvalue weighted by atomic mass is 9.94. The number of anilines is 4. The van der Waals surface area contributed by atoms with Crippen LogP contribution in [0.5, 0.6) is 0 Å². The monoisotopic (exact) mass is 800 g/mol. The predicted molar refractivity (Wildman–Crippen MR) is 210 cm³/mol. The van der Waals surface area contributed by atoms with Crippen LogP contribution in [0.2, 0.25) is 0 Å². The molecular weight excluding hydrogens is 769 g/mol. The molecule has 288 valence electrons. The number of amides is 2. The molecule has 8 N–H and O–H groups in total. The van der Waals surface area contributed by atoms with E-state index in [4.69, 9.17) is 0 Å². The van der Waals surface area contributed by atoms with E-state index in [1.54, 1.807) is 50.2 Å². The van der Waals surface area contributed by atoms with Crippen LogP contribution in [-0.2, 0) is 33.5 Å². The molecule has 0 heterocycles. The molecule has 2 aliphatic rings. The summed E-state index contributed by atoms with van der Waals surface area (Å²) in [6.07, 6.45) is 2.04. The maximum Gasteiger partial charge on any atom is 0.323 e. The van der Waals surface area contributed by atoms with Crippen molar-refractivity contribution < 1.29 is 50.5 Å². The Kier molecular flexibility index (Phi) is 10.8. The number of aliphatic hydroxyl groups excluding tert-OH is 2. The van der Waals surface area contributed by atoms with Crippen LogP contribution in [0.1, 0.15) is 54.1 Å². The van der Waals surface area contributed by atoms with Gasteiger partial charge in [0.05, 0.1) is 24.6 Å². The van der Waals surface area contributed by atoms with E-state index in [2.05, 4.69) is 31.7 Å². The first-order valence-corrected chi connectivity index (χ1v) is 19.3. The minimum atomic E-state index is -4.97. The van der Waals surface area contributed by atoms with Crippen molar-refractivity contribution in [2.75, 3.05) is 21.5 Å². The lowest BCUT2D eigenvalue weighted by molar-refractivity contribution is 0.105. The number of carbonyl (C=O) groups is 3. The molecule has 0 bridgehead atoms. The first-order chi connectivity index (χ1) is 26.5. The minimum absolute atomic E-state index is 0.0115. The number of rotatable bonds is 10. The van der Waals surface area contributed by atoms with Crippen LogP contribution in [0.3, 0.4) is 0 Å². The summed E-state index contributed by atoms with van der Waals surface area (Å²) in [6, 6.07) is 17.0. The van der Waals surface area contributed by atoms with Gasteiger partial charge in [-0.05, 0) is 108 Å². The van der Waals surface area contributed by atoms with E-state index in [1.807, 2.05) is 0 Å². The van der Waals surface area contributed by atoms with E-state index in [-0.39, 0.29) is 46.8 Å². The Hall–Kier alpha value is -6.35. The number of aryl methyl sites for hydroxylation is 2. The number of nitrogens with zero attached hydrogens (tertiary/aromatic N) is 2. The molecule has 4 aromatic rings. The summed E-state index contributed by atoms with van der Waals surface area (Å²) in [6.45, 7) is 2.90. The average Bonchev–Trinajstić information content (AvgIpc) is 3.14. The summed E-state index contributed by atoms with van der Waals surface area (Å²) in [5.41, 5.74) is 7.54. The van der Waals surface area contributed by atoms with Gasteiger partial charge < -0.3 is 20.8 Å². The zero-order valence-electron chi connectivity index (χ0n) is 29.4. The highest BCUT2D eigenvalue weighted by atomic mass is 32.2. The third-order valence-electron chi connectivity index (χ3n) is 8.68. The van der Waals surface area contributed by atoms with Crippen molar-refractivity contribution in [2.45, 2.75) is 27.1 Å². The summed E-state index contributed by atoms with van der Waals surface area (Å²) >= 11 is 0. The molecule has 0 spiro atoms. The van der Waals surface area contributed by atoms with E-state index < -0.39 is 59.1 Å². The van der Waals surface area contributed by atoms with E-state index in [0.29, 0.717) is 33.6 Å². The van der Waals surface area contributed by atoms with Gasteiger partial charge in [-0.25, -0.2) is 4.79 Å². The molecule has 0 saturated heterocycles. The molecule has 2 aliphatic carbocycles. The molecule has 56 heavy (non-hydrogen) atoms. The zero-order chi connectivity index (χ0) is 40.5. The van der Waals surface area contributed by atoms with Gasteiger partial charge in [-0.3, -0.25) is 29.5 Å². The number of nitrogens with one attached hydrogen (secondary N) is 4. The second kappa shape index (κ2) is 15.4. The average molecular weight is 801 g/mol. The Morgan fingerprint density at radius 2 is 1.00 bits per heavy atom. The number of aliphatic hydroxyl groups is 2. The van der Waals surface area contributed by atoms with Gasteiger partial charge in [0, 0.05) is 22.5 Å². The predicted octanol–water partition coefficient (Wildman–Crippen LogP) is 4.72. The van der Waals surface area contributed by atoms with Crippen LogP contribution < -0.4 is 21.5 Å². The fraction of sp³-hybridized carbons (Fsp3) is 0.108. The van der Waals surface area contributed by atoms with Gasteiger partial charge in [0.1, 0.15) is 9.81 Å². The molecule has 6 rings (SSSR count). The molecule has 0 fully saturated rings. The second-order valence-corrected chi connectivity index (χ2v) is 15.3. The summed E-state index contributed by atoms with van der Waals surface area (Å²) in [4.78, 5) is 38.3. The van der Waals surface area contributed by atoms with Gasteiger partial charge >= 0.3 is 6.03 Å². The number of Topliss-reactive ketones (excluding diaryl/α,β-unsaturated/α-hetero) is 2. The quantitative estimate of drug-likeness (QED) is 0.0798. The normalized spacial score (nSPS) is 15.5. The number of benzene rings is 4. The van der Waals surface area contributed by atoms with Crippen molar-refractivity contribution in [2.24, 2.45) is 10.2 Å². The first kappa shape index (κ1) is 39.3. The highest BCUT2D eigenvalue weighted by Gasteiger charge is 2.34. The molecule has 0 atom stereocenters. The Balaban J connectivity index is 1.22. The number of hydrogen-bond acceptors (Lipinski definition) is 13. The van der Waals surface area contributed by atoms with Gasteiger partial charge in [0.25, 0.3) is 20.2 Å². The lowest BCUT2D eigenvalue weighted by Crippen LogP contribution is -2.27. The molecule has 19 heteroatoms. The maximum atomic E-state index is 13.4. The molecule has 0 saturated carbocycles. The van der Waals surface area contributed by atoms with Gasteiger partial charge in [0.2, 0.25) is 11.6 Å². The molecular formula is C37H32N6O11S2. The second-order valence-electron chi connectivity index (χ2n) is 12.6. The van der Waals surface area contributed by atoms with E-state index in [1.165, 1.54) is 36.4 Å². The summed E-state index contributed by atoms with van der Waals surface area (Å²) in [7, 11) is -9.95. The smallest absolute Gasteiger partial charge is 0.323 e. The van der Waals surface area contributed by atoms with Crippen molar-refractivity contribution in [3.63, 3.8) is 0 Å². The Bertz CT molecular complexity index is 2520. The Morgan fingerprint density at radius 3 is 1.36 bits per heavy atom. The number of carbonyl (C=O) groups excluding carboxylic acids is 3. The fourth-order valence-corrected chi connectivity index (χ4v) is 7.06. The number of hydrazone groups is 2. The SMILES string of the molecule is Cc1ccc(CO)cc1N/N=C1\C(=O)c2ccc(NC(=O)Nc3ccc4c(c3)C=C(S(=O)(=O)O)/C(=N/Nc3cc(CO)ccc3C)C4=O)cc2C=C1S(=O)(=O)O. The number of hydrogen-bond donors (Lipinski definition) is 8. The van der Waals surface area contributed by atoms with Gasteiger partial charge in [-0.2, -0.15) is 27.0 Å². The van der Waals surface area contributed by atoms with Crippen LogP contribution in [0, 0.1) is 13.8 Å². The third-order valence-corrected chi connectivity index (χ3v) is 10.4. The molecule has 0 radical (unpaired) electrons. The van der Waals surface area contributed by atoms with Crippen LogP contribution >= 0.6 is 0 Å². The maximum absolute atomic E-state index is 13.4. The van der Waals surface area contributed by atoms with Gasteiger partial charge in [-0.15, -0.1) is 0 Å². The number of urea groups is 1. The summed E-state index contributed by atoms with van der Waals surface area (Å²) in [5.74, 6) is -1.68. The third kappa shape index (κ3) is 8.32. The lowest BCUT2D eigenvalue weighted by Gasteiger charge is -2.18. The van der Waals surface area contributed by atoms with Crippen molar-refractivity contribution in [1.29, 1.82) is 0 Å². The van der Waals surface area contributed by atoms with Crippen molar-refractivity contribution in [3.05, 3.63) is 127 Å². The van der Waals surface area contributed by atoms with Crippen LogP contribution in [-0.4, -0.2) is 65.2 Å². The largest absolute Gasteiger partial charge is 0.392 e. The van der Waals surface area contributed by atoms with Gasteiger partial charge in [-0.1, -0.05) is 24.3 Å². The minimum Gasteiger partial charge on any atom is -0.392 e. The van der Waals surface area contributed by atoms with Crippen molar-refractivity contribution in [3.8, 4) is 0 Å². The Labute approximate surface area is 319 Å². The van der Waals surface area contributed by atoms with E-state index in [0.717, 1.165) is 12.2 Å². The van der Waals surface area contributed by atoms with Crippen molar-refractivity contribution in [1.82, 2.24) is 0 Å². The molecule has 17 nitrogen and oxygen atoms in total. The molecule has 0 aromatic heterocycles. The molecule has 4 aromatic carbocycles. The number of allylic oxidation sites excluding steroid dienone is 2. The fourth-order valence-electron chi connectivity index (χ4n) is 5.74. The van der Waals surface area contributed by atoms with Crippen LogP contribution in [0.4, 0.5) is 27.5 Å². The molecule has 2 amide bonds. The topological polar surface area (TPSA) is 273 Å². The first-order valence-electron chi connectivity index (χ1n) is 16.4. The van der Waals surface area contributed by atoms with Crippen LogP contribution in [0.25, 0.3) is 12.2 Å². The highest BCUT2D eigenvalue weighted by Crippen LogP contribution is 2.31. The standard InChI is InChI=1S/C37H32N6O11S2/c1-19-3-5-21(17-44)11-29(19)40-42-33-31(55(49,50)51)15-23-13-25(7-9-27(23)35(33)46)38-37(48)39-26-8-10-28-24(14-26)16-32(56(52,53)54)34(36(28)47)43-41-30-12-22(18-45)6-4-20(30)2/h3-16,40-41,44-45H,17-18H2,1-2H3,(H2,38,39,48)(H,49,50,51)(H,52,53,54)/b42-33-,43-34-. The highest BCUT2D eigenvalue weighted by molar-refractivity contribution is 7.91. The van der Waals surface area contributed by atoms with Crippen molar-refractivity contribution >= 4 is 84.2 Å². The molecule has 0 unspecified atom stereocenters. The van der Waals surface area contributed by atoms with Crippen LogP contribution in [0.15, 0.2) is 92.8 Å². The zero-order valence-corrected chi connectivity index (χ0v) is 31.0. The van der Waals surface area contributed by atoms with Gasteiger partial charge in [0.15, 0.2) is 11.4 Å². The molecule has 0 aliphatic heterocycles. The van der Waals surface area contributed by atoms with E-state index >= 15 is 0 Å². The number of fused-ring (bicyclic) bond motifs is 2. The van der Waals surface area contributed by atoms with E-state index in [9.17, 15) is 50.5 Å². The Morgan fingerprint density at radius 1 is 0.607 bits per heavy atom. The summed E-state index contributed by atoms with van der Waals surface area (Å²) < 4.78 is 69.4.